The van der Waals surface area contributed by atoms with E-state index in [2.05, 4.69) is 46.3 Å². The van der Waals surface area contributed by atoms with Crippen LogP contribution in [0.2, 0.25) is 0 Å². The quantitative estimate of drug-likeness (QED) is 0.883. The lowest BCUT2D eigenvalue weighted by Crippen LogP contribution is -2.58. The van der Waals surface area contributed by atoms with E-state index in [4.69, 9.17) is 16.5 Å². The summed E-state index contributed by atoms with van der Waals surface area (Å²) in [7, 11) is 0. The zero-order valence-electron chi connectivity index (χ0n) is 14.2. The van der Waals surface area contributed by atoms with Gasteiger partial charge in [-0.15, -0.1) is 0 Å². The van der Waals surface area contributed by atoms with E-state index in [1.165, 1.54) is 12.0 Å². The zero-order valence-corrected chi connectivity index (χ0v) is 14.2. The van der Waals surface area contributed by atoms with Crippen LogP contribution in [0, 0.1) is 0 Å². The molecule has 0 atom stereocenters. The largest absolute Gasteiger partial charge is 0.369 e. The van der Waals surface area contributed by atoms with Crippen LogP contribution in [0.3, 0.4) is 0 Å². The number of anilines is 1. The second-order valence-electron chi connectivity index (χ2n) is 6.73. The molecule has 1 fully saturated rings. The Hall–Kier alpha value is -2.82. The van der Waals surface area contributed by atoms with E-state index in [1.54, 1.807) is 0 Å². The molecule has 5 heteroatoms. The third kappa shape index (κ3) is 2.86. The van der Waals surface area contributed by atoms with Gasteiger partial charge in [-0.05, 0) is 48.9 Å². The van der Waals surface area contributed by atoms with Gasteiger partial charge in [-0.1, -0.05) is 48.9 Å². The Balaban J connectivity index is 1.78. The Labute approximate surface area is 148 Å². The predicted octanol–water partition coefficient (Wildman–Crippen LogP) is 3.46. The monoisotopic (exact) mass is 333 g/mol. The van der Waals surface area contributed by atoms with Crippen molar-refractivity contribution in [2.75, 3.05) is 4.90 Å². The van der Waals surface area contributed by atoms with Gasteiger partial charge < -0.3 is 11.5 Å². The number of guanidine groups is 2. The molecule has 1 aliphatic carbocycles. The molecule has 0 radical (unpaired) electrons. The average Bonchev–Trinajstić information content (AvgIpc) is 2.63. The maximum Gasteiger partial charge on any atom is 0.220 e. The van der Waals surface area contributed by atoms with E-state index >= 15 is 0 Å². The lowest BCUT2D eigenvalue weighted by molar-refractivity contribution is 0.305. The molecule has 128 valence electrons. The van der Waals surface area contributed by atoms with Crippen molar-refractivity contribution in [1.82, 2.24) is 0 Å². The van der Waals surface area contributed by atoms with Gasteiger partial charge >= 0.3 is 0 Å². The highest BCUT2D eigenvalue weighted by Crippen LogP contribution is 2.40. The minimum atomic E-state index is -0.399. The van der Waals surface area contributed by atoms with Gasteiger partial charge in [0.2, 0.25) is 11.9 Å². The van der Waals surface area contributed by atoms with Crippen molar-refractivity contribution >= 4 is 17.6 Å². The van der Waals surface area contributed by atoms with Crippen LogP contribution in [0.5, 0.6) is 0 Å². The summed E-state index contributed by atoms with van der Waals surface area (Å²) in [5.74, 6) is 0.717. The summed E-state index contributed by atoms with van der Waals surface area (Å²) < 4.78 is 0. The fourth-order valence-corrected chi connectivity index (χ4v) is 3.95. The Kier molecular flexibility index (Phi) is 3.92. The summed E-state index contributed by atoms with van der Waals surface area (Å²) in [5, 5.41) is 0. The number of aliphatic imine (C=N–C) groups is 2. The summed E-state index contributed by atoms with van der Waals surface area (Å²) in [6, 6.07) is 18.7. The van der Waals surface area contributed by atoms with Crippen molar-refractivity contribution < 1.29 is 0 Å². The van der Waals surface area contributed by atoms with Crippen molar-refractivity contribution in [2.24, 2.45) is 21.5 Å². The molecule has 4 rings (SSSR count). The van der Waals surface area contributed by atoms with Gasteiger partial charge in [0, 0.05) is 5.69 Å². The van der Waals surface area contributed by atoms with Crippen LogP contribution in [0.1, 0.15) is 32.1 Å². The lowest BCUT2D eigenvalue weighted by Gasteiger charge is -2.45. The van der Waals surface area contributed by atoms with E-state index in [0.29, 0.717) is 5.96 Å². The van der Waals surface area contributed by atoms with E-state index in [-0.39, 0.29) is 5.96 Å². The molecule has 0 bridgehead atoms. The fourth-order valence-electron chi connectivity index (χ4n) is 3.95. The standard InChI is InChI=1S/C20H23N5/c21-18-23-19(22)25(20(24-18)12-5-2-6-13-20)17-11-7-10-16(14-17)15-8-3-1-4-9-15/h1,3-4,7-11,14H,2,5-6,12-13H2,(H4,21,22,23,24). The van der Waals surface area contributed by atoms with Crippen LogP contribution in [0.15, 0.2) is 64.6 Å². The van der Waals surface area contributed by atoms with Crippen LogP contribution in [0.25, 0.3) is 11.1 Å². The summed E-state index contributed by atoms with van der Waals surface area (Å²) in [5.41, 5.74) is 15.2. The molecule has 0 unspecified atom stereocenters. The molecule has 1 aliphatic heterocycles. The summed E-state index contributed by atoms with van der Waals surface area (Å²) in [6.45, 7) is 0. The topological polar surface area (TPSA) is 80.0 Å². The van der Waals surface area contributed by atoms with Gasteiger partial charge in [-0.2, -0.15) is 4.99 Å². The van der Waals surface area contributed by atoms with Crippen molar-refractivity contribution in [1.29, 1.82) is 0 Å². The number of rotatable bonds is 2. The predicted molar refractivity (Wildman–Crippen MR) is 103 cm³/mol. The van der Waals surface area contributed by atoms with Crippen LogP contribution in [-0.4, -0.2) is 17.6 Å². The Morgan fingerprint density at radius 2 is 1.56 bits per heavy atom. The van der Waals surface area contributed by atoms with Crippen LogP contribution in [0.4, 0.5) is 5.69 Å². The van der Waals surface area contributed by atoms with Crippen LogP contribution in [-0.2, 0) is 0 Å². The van der Waals surface area contributed by atoms with Gasteiger partial charge in [-0.25, -0.2) is 4.99 Å². The molecule has 2 aromatic carbocycles. The van der Waals surface area contributed by atoms with E-state index in [9.17, 15) is 0 Å². The third-order valence-electron chi connectivity index (χ3n) is 5.06. The Morgan fingerprint density at radius 1 is 0.840 bits per heavy atom. The molecule has 1 heterocycles. The van der Waals surface area contributed by atoms with E-state index in [0.717, 1.165) is 36.9 Å². The number of nitrogens with zero attached hydrogens (tertiary/aromatic N) is 3. The van der Waals surface area contributed by atoms with Gasteiger partial charge in [0.1, 0.15) is 5.66 Å². The minimum Gasteiger partial charge on any atom is -0.369 e. The van der Waals surface area contributed by atoms with Crippen LogP contribution < -0.4 is 16.4 Å². The fraction of sp³-hybridized carbons (Fsp3) is 0.300. The molecular weight excluding hydrogens is 310 g/mol. The maximum absolute atomic E-state index is 6.31. The first kappa shape index (κ1) is 15.7. The SMILES string of the molecule is NC1=NC2(CCCCC2)N(c2cccc(-c3ccccc3)c2)C(N)=N1. The molecule has 0 amide bonds. The molecule has 5 nitrogen and oxygen atoms in total. The Bertz CT molecular complexity index is 819. The summed E-state index contributed by atoms with van der Waals surface area (Å²) in [4.78, 5) is 11.1. The second-order valence-corrected chi connectivity index (χ2v) is 6.73. The highest BCUT2D eigenvalue weighted by molar-refractivity contribution is 6.05. The van der Waals surface area contributed by atoms with Gasteiger partial charge in [0.05, 0.1) is 0 Å². The number of benzene rings is 2. The van der Waals surface area contributed by atoms with Gasteiger partial charge in [0.15, 0.2) is 0 Å². The average molecular weight is 333 g/mol. The molecule has 25 heavy (non-hydrogen) atoms. The Morgan fingerprint density at radius 3 is 2.32 bits per heavy atom. The molecule has 4 N–H and O–H groups in total. The van der Waals surface area contributed by atoms with E-state index < -0.39 is 5.66 Å². The first-order chi connectivity index (χ1) is 12.2. The normalized spacial score (nSPS) is 19.4. The molecule has 0 aromatic heterocycles. The van der Waals surface area contributed by atoms with Gasteiger partial charge in [-0.3, -0.25) is 4.90 Å². The van der Waals surface area contributed by atoms with Crippen molar-refractivity contribution in [3.05, 3.63) is 54.6 Å². The zero-order chi connectivity index (χ0) is 17.3. The molecule has 2 aromatic rings. The summed E-state index contributed by atoms with van der Waals surface area (Å²) in [6.07, 6.45) is 5.36. The first-order valence-electron chi connectivity index (χ1n) is 8.83. The van der Waals surface area contributed by atoms with Gasteiger partial charge in [0.25, 0.3) is 0 Å². The number of hydrogen-bond acceptors (Lipinski definition) is 5. The minimum absolute atomic E-state index is 0.287. The third-order valence-corrected chi connectivity index (χ3v) is 5.06. The maximum atomic E-state index is 6.31. The molecule has 1 saturated carbocycles. The van der Waals surface area contributed by atoms with Crippen molar-refractivity contribution in [3.63, 3.8) is 0 Å². The molecule has 1 spiro atoms. The molecule has 2 aliphatic rings. The van der Waals surface area contributed by atoms with E-state index in [1.807, 2.05) is 18.2 Å². The smallest absolute Gasteiger partial charge is 0.220 e. The van der Waals surface area contributed by atoms with Crippen molar-refractivity contribution in [3.8, 4) is 11.1 Å². The molecular formula is C20H23N5. The van der Waals surface area contributed by atoms with Crippen LogP contribution >= 0.6 is 0 Å². The van der Waals surface area contributed by atoms with Crippen molar-refractivity contribution in [2.45, 2.75) is 37.8 Å². The second kappa shape index (κ2) is 6.24. The first-order valence-corrected chi connectivity index (χ1v) is 8.83. The molecule has 0 saturated heterocycles. The lowest BCUT2D eigenvalue weighted by atomic mass is 9.87. The highest BCUT2D eigenvalue weighted by atomic mass is 15.4. The highest BCUT2D eigenvalue weighted by Gasteiger charge is 2.42. The number of nitrogens with two attached hydrogens (primary N) is 2. The number of hydrogen-bond donors (Lipinski definition) is 2. The summed E-state index contributed by atoms with van der Waals surface area (Å²) >= 11 is 0.